The maximum atomic E-state index is 11.6. The van der Waals surface area contributed by atoms with Gasteiger partial charge in [0.05, 0.1) is 0 Å². The standard InChI is InChI=1S/C8H13NO7S/c1-8(2,3)16-7(12)9-5(6(10)11)4-15-17(9,13)14/h5H,4H2,1-3H3,(H,10,11)/t5-/m1/s1. The Labute approximate surface area is 98.4 Å². The second-order valence-electron chi connectivity index (χ2n) is 4.37. The minimum absolute atomic E-state index is 0.0978. The Hall–Kier alpha value is -1.35. The van der Waals surface area contributed by atoms with Gasteiger partial charge in [-0.05, 0) is 20.8 Å². The first-order valence-electron chi connectivity index (χ1n) is 4.69. The van der Waals surface area contributed by atoms with Crippen LogP contribution < -0.4 is 0 Å². The van der Waals surface area contributed by atoms with Crippen molar-refractivity contribution in [1.82, 2.24) is 4.31 Å². The summed E-state index contributed by atoms with van der Waals surface area (Å²) in [6, 6.07) is -1.59. The molecule has 1 atom stereocenters. The monoisotopic (exact) mass is 267 g/mol. The molecule has 1 fully saturated rings. The molecule has 8 nitrogen and oxygen atoms in total. The SMILES string of the molecule is CC(C)(C)OC(=O)N1[C@@H](C(=O)O)COS1(=O)=O. The van der Waals surface area contributed by atoms with Crippen LogP contribution >= 0.6 is 0 Å². The zero-order valence-corrected chi connectivity index (χ0v) is 10.4. The molecule has 1 amide bonds. The van der Waals surface area contributed by atoms with Gasteiger partial charge >= 0.3 is 22.4 Å². The molecule has 9 heteroatoms. The molecular weight excluding hydrogens is 254 g/mol. The average Bonchev–Trinajstić information content (AvgIpc) is 2.37. The van der Waals surface area contributed by atoms with Crippen LogP contribution in [-0.2, 0) is 24.0 Å². The molecule has 1 N–H and O–H groups in total. The highest BCUT2D eigenvalue weighted by molar-refractivity contribution is 7.85. The van der Waals surface area contributed by atoms with E-state index in [-0.39, 0.29) is 4.31 Å². The maximum Gasteiger partial charge on any atom is 0.426 e. The first kappa shape index (κ1) is 13.7. The Bertz CT molecular complexity index is 435. The third-order valence-corrected chi connectivity index (χ3v) is 3.08. The molecular formula is C8H13NO7S. The highest BCUT2D eigenvalue weighted by Crippen LogP contribution is 2.22. The lowest BCUT2D eigenvalue weighted by Crippen LogP contribution is -2.46. The number of carboxylic acid groups (broad SMARTS) is 1. The lowest BCUT2D eigenvalue weighted by Gasteiger charge is -2.24. The van der Waals surface area contributed by atoms with Crippen molar-refractivity contribution in [2.24, 2.45) is 0 Å². The van der Waals surface area contributed by atoms with Gasteiger partial charge in [0.25, 0.3) is 0 Å². The van der Waals surface area contributed by atoms with Gasteiger partial charge in [-0.25, -0.2) is 9.59 Å². The summed E-state index contributed by atoms with van der Waals surface area (Å²) in [5.74, 6) is -1.48. The predicted molar refractivity (Wildman–Crippen MR) is 54.4 cm³/mol. The van der Waals surface area contributed by atoms with E-state index in [1.54, 1.807) is 0 Å². The molecule has 0 radical (unpaired) electrons. The Morgan fingerprint density at radius 2 is 1.94 bits per heavy atom. The van der Waals surface area contributed by atoms with E-state index in [9.17, 15) is 18.0 Å². The van der Waals surface area contributed by atoms with Crippen LogP contribution in [-0.4, -0.2) is 48.1 Å². The van der Waals surface area contributed by atoms with Crippen LogP contribution in [0.1, 0.15) is 20.8 Å². The number of hydrogen-bond donors (Lipinski definition) is 1. The van der Waals surface area contributed by atoms with Gasteiger partial charge in [-0.3, -0.25) is 4.18 Å². The smallest absolute Gasteiger partial charge is 0.426 e. The molecule has 0 aromatic heterocycles. The first-order valence-corrected chi connectivity index (χ1v) is 6.06. The summed E-state index contributed by atoms with van der Waals surface area (Å²) in [6.45, 7) is 3.98. The molecule has 0 aromatic rings. The Kier molecular flexibility index (Phi) is 3.35. The van der Waals surface area contributed by atoms with Gasteiger partial charge in [-0.1, -0.05) is 0 Å². The number of hydrogen-bond acceptors (Lipinski definition) is 6. The number of rotatable bonds is 1. The van der Waals surface area contributed by atoms with Crippen molar-refractivity contribution in [2.75, 3.05) is 6.61 Å². The fraction of sp³-hybridized carbons (Fsp3) is 0.750. The van der Waals surface area contributed by atoms with E-state index in [0.717, 1.165) is 0 Å². The molecule has 0 aliphatic carbocycles. The van der Waals surface area contributed by atoms with Gasteiger partial charge in [-0.2, -0.15) is 12.7 Å². The van der Waals surface area contributed by atoms with Crippen molar-refractivity contribution >= 4 is 22.4 Å². The van der Waals surface area contributed by atoms with Gasteiger partial charge in [0.15, 0.2) is 6.04 Å². The van der Waals surface area contributed by atoms with E-state index in [1.165, 1.54) is 20.8 Å². The Morgan fingerprint density at radius 1 is 1.41 bits per heavy atom. The second kappa shape index (κ2) is 4.15. The number of carboxylic acids is 1. The topological polar surface area (TPSA) is 110 Å². The number of carbonyl (C=O) groups is 2. The molecule has 0 spiro atoms. The van der Waals surface area contributed by atoms with Gasteiger partial charge in [0, 0.05) is 0 Å². The molecule has 0 bridgehead atoms. The van der Waals surface area contributed by atoms with Crippen LogP contribution in [0.25, 0.3) is 0 Å². The third-order valence-electron chi connectivity index (χ3n) is 1.76. The molecule has 0 aromatic carbocycles. The summed E-state index contributed by atoms with van der Waals surface area (Å²) in [5, 5.41) is 8.77. The van der Waals surface area contributed by atoms with Gasteiger partial charge in [-0.15, -0.1) is 0 Å². The van der Waals surface area contributed by atoms with Crippen molar-refractivity contribution in [1.29, 1.82) is 0 Å². The lowest BCUT2D eigenvalue weighted by molar-refractivity contribution is -0.141. The van der Waals surface area contributed by atoms with Crippen molar-refractivity contribution in [3.05, 3.63) is 0 Å². The van der Waals surface area contributed by atoms with Crippen LogP contribution in [0.4, 0.5) is 4.79 Å². The second-order valence-corrected chi connectivity index (χ2v) is 5.86. The Balaban J connectivity index is 2.99. The third kappa shape index (κ3) is 3.07. The zero-order valence-electron chi connectivity index (χ0n) is 9.54. The maximum absolute atomic E-state index is 11.6. The number of carbonyl (C=O) groups excluding carboxylic acids is 1. The van der Waals surface area contributed by atoms with Crippen LogP contribution in [0.3, 0.4) is 0 Å². The highest BCUT2D eigenvalue weighted by Gasteiger charge is 2.48. The number of nitrogens with zero attached hydrogens (tertiary/aromatic N) is 1. The molecule has 1 heterocycles. The number of ether oxygens (including phenoxy) is 1. The van der Waals surface area contributed by atoms with E-state index in [1.807, 2.05) is 0 Å². The normalized spacial score (nSPS) is 23.5. The lowest BCUT2D eigenvalue weighted by atomic mass is 10.2. The molecule has 1 aliphatic heterocycles. The van der Waals surface area contributed by atoms with E-state index >= 15 is 0 Å². The van der Waals surface area contributed by atoms with Gasteiger partial charge in [0.1, 0.15) is 12.2 Å². The number of amides is 1. The summed E-state index contributed by atoms with van der Waals surface area (Å²) in [5.41, 5.74) is -0.932. The summed E-state index contributed by atoms with van der Waals surface area (Å²) in [4.78, 5) is 22.3. The predicted octanol–water partition coefficient (Wildman–Crippen LogP) is -0.0483. The summed E-state index contributed by atoms with van der Waals surface area (Å²) < 4.78 is 31.9. The summed E-state index contributed by atoms with van der Waals surface area (Å²) in [6.07, 6.45) is -1.26. The van der Waals surface area contributed by atoms with E-state index in [2.05, 4.69) is 4.18 Å². The molecule has 0 saturated carbocycles. The summed E-state index contributed by atoms with van der Waals surface area (Å²) >= 11 is 0. The summed E-state index contributed by atoms with van der Waals surface area (Å²) in [7, 11) is -4.37. The van der Waals surface area contributed by atoms with Crippen LogP contribution in [0.2, 0.25) is 0 Å². The Morgan fingerprint density at radius 3 is 2.35 bits per heavy atom. The van der Waals surface area contributed by atoms with E-state index in [4.69, 9.17) is 9.84 Å². The van der Waals surface area contributed by atoms with Crippen molar-refractivity contribution < 1.29 is 32.0 Å². The van der Waals surface area contributed by atoms with Crippen LogP contribution in [0, 0.1) is 0 Å². The molecule has 1 rings (SSSR count). The van der Waals surface area contributed by atoms with Crippen LogP contribution in [0.15, 0.2) is 0 Å². The number of aliphatic carboxylic acids is 1. The molecule has 98 valence electrons. The molecule has 17 heavy (non-hydrogen) atoms. The fourth-order valence-corrected chi connectivity index (χ4v) is 2.22. The van der Waals surface area contributed by atoms with E-state index < -0.39 is 40.6 Å². The van der Waals surface area contributed by atoms with E-state index in [0.29, 0.717) is 0 Å². The minimum Gasteiger partial charge on any atom is -0.480 e. The van der Waals surface area contributed by atoms with Crippen molar-refractivity contribution in [3.8, 4) is 0 Å². The molecule has 1 aliphatic rings. The highest BCUT2D eigenvalue weighted by atomic mass is 32.2. The zero-order chi connectivity index (χ0) is 13.4. The van der Waals surface area contributed by atoms with Gasteiger partial charge < -0.3 is 9.84 Å². The van der Waals surface area contributed by atoms with Gasteiger partial charge in [0.2, 0.25) is 0 Å². The van der Waals surface area contributed by atoms with Crippen molar-refractivity contribution in [3.63, 3.8) is 0 Å². The average molecular weight is 267 g/mol. The van der Waals surface area contributed by atoms with Crippen molar-refractivity contribution in [2.45, 2.75) is 32.4 Å². The minimum atomic E-state index is -4.37. The quantitative estimate of drug-likeness (QED) is 0.709. The first-order chi connectivity index (χ1) is 7.54. The fourth-order valence-electron chi connectivity index (χ4n) is 1.13. The molecule has 1 saturated heterocycles. The largest absolute Gasteiger partial charge is 0.480 e. The van der Waals surface area contributed by atoms with Crippen LogP contribution in [0.5, 0.6) is 0 Å². The molecule has 0 unspecified atom stereocenters.